The number of carbonyl (C=O) groups excluding carboxylic acids is 1. The molecule has 0 saturated carbocycles. The number of rotatable bonds is 6. The Morgan fingerprint density at radius 1 is 1.21 bits per heavy atom. The molecular formula is C19H23FN2O2. The lowest BCUT2D eigenvalue weighted by Crippen LogP contribution is -2.33. The highest BCUT2D eigenvalue weighted by Gasteiger charge is 2.15. The fourth-order valence-corrected chi connectivity index (χ4v) is 2.59. The van der Waals surface area contributed by atoms with Crippen molar-refractivity contribution in [3.8, 4) is 0 Å². The molecule has 2 atom stereocenters. The van der Waals surface area contributed by atoms with Gasteiger partial charge in [-0.1, -0.05) is 30.3 Å². The Morgan fingerprint density at radius 2 is 1.92 bits per heavy atom. The highest BCUT2D eigenvalue weighted by atomic mass is 19.1. The van der Waals surface area contributed by atoms with Gasteiger partial charge in [0.25, 0.3) is 0 Å². The van der Waals surface area contributed by atoms with Gasteiger partial charge >= 0.3 is 6.03 Å². The number of halogens is 1. The molecule has 3 N–H and O–H groups in total. The number of aryl methyl sites for hydroxylation is 1. The zero-order chi connectivity index (χ0) is 17.5. The fourth-order valence-electron chi connectivity index (χ4n) is 2.59. The second-order valence-electron chi connectivity index (χ2n) is 5.99. The predicted octanol–water partition coefficient (Wildman–Crippen LogP) is 3.81. The van der Waals surface area contributed by atoms with E-state index in [9.17, 15) is 14.3 Å². The van der Waals surface area contributed by atoms with Gasteiger partial charge in [-0.25, -0.2) is 9.18 Å². The maximum Gasteiger partial charge on any atom is 0.319 e. The second kappa shape index (κ2) is 8.45. The average molecular weight is 330 g/mol. The van der Waals surface area contributed by atoms with Crippen molar-refractivity contribution in [3.63, 3.8) is 0 Å². The maximum absolute atomic E-state index is 13.2. The predicted molar refractivity (Wildman–Crippen MR) is 93.6 cm³/mol. The molecule has 2 amide bonds. The van der Waals surface area contributed by atoms with E-state index in [1.54, 1.807) is 19.9 Å². The molecule has 0 spiro atoms. The zero-order valence-corrected chi connectivity index (χ0v) is 13.9. The summed E-state index contributed by atoms with van der Waals surface area (Å²) >= 11 is 0. The van der Waals surface area contributed by atoms with Gasteiger partial charge in [0.1, 0.15) is 5.82 Å². The van der Waals surface area contributed by atoms with Crippen molar-refractivity contribution in [2.45, 2.75) is 32.3 Å². The van der Waals surface area contributed by atoms with Gasteiger partial charge in [0.05, 0.1) is 6.10 Å². The molecule has 2 rings (SSSR count). The number of benzene rings is 2. The fraction of sp³-hybridized carbons (Fsp3) is 0.316. The van der Waals surface area contributed by atoms with Crippen LogP contribution in [0.25, 0.3) is 0 Å². The summed E-state index contributed by atoms with van der Waals surface area (Å²) in [5.74, 6) is -0.283. The lowest BCUT2D eigenvalue weighted by Gasteiger charge is -2.20. The van der Waals surface area contributed by atoms with Crippen molar-refractivity contribution in [2.75, 3.05) is 11.9 Å². The molecule has 0 fully saturated rings. The number of anilines is 1. The Hall–Kier alpha value is -2.40. The summed E-state index contributed by atoms with van der Waals surface area (Å²) in [5, 5.41) is 15.2. The number of carbonyl (C=O) groups is 1. The summed E-state index contributed by atoms with van der Waals surface area (Å²) < 4.78 is 13.2. The van der Waals surface area contributed by atoms with E-state index in [-0.39, 0.29) is 17.8 Å². The van der Waals surface area contributed by atoms with Crippen molar-refractivity contribution in [1.82, 2.24) is 5.32 Å². The van der Waals surface area contributed by atoms with E-state index >= 15 is 0 Å². The van der Waals surface area contributed by atoms with E-state index in [0.717, 1.165) is 5.56 Å². The lowest BCUT2D eigenvalue weighted by atomic mass is 9.93. The molecule has 0 bridgehead atoms. The first kappa shape index (κ1) is 17.9. The molecule has 0 aliphatic rings. The number of nitrogens with one attached hydrogen (secondary N) is 2. The normalized spacial score (nSPS) is 13.2. The molecule has 0 aliphatic carbocycles. The van der Waals surface area contributed by atoms with Crippen LogP contribution in [0.1, 0.15) is 30.4 Å². The van der Waals surface area contributed by atoms with Gasteiger partial charge < -0.3 is 15.7 Å². The molecule has 2 aromatic carbocycles. The highest BCUT2D eigenvalue weighted by Crippen LogP contribution is 2.20. The standard InChI is InChI=1S/C19H23FN2O2/c1-13-10-17(8-9-18(13)20)22-19(24)21-12-16(11-14(2)23)15-6-4-3-5-7-15/h3-10,14,16,23H,11-12H2,1-2H3,(H2,21,22,24). The van der Waals surface area contributed by atoms with Crippen molar-refractivity contribution in [3.05, 3.63) is 65.5 Å². The van der Waals surface area contributed by atoms with Gasteiger partial charge in [0, 0.05) is 18.2 Å². The minimum absolute atomic E-state index is 0.0203. The highest BCUT2D eigenvalue weighted by molar-refractivity contribution is 5.89. The van der Waals surface area contributed by atoms with Crippen molar-refractivity contribution < 1.29 is 14.3 Å². The summed E-state index contributed by atoms with van der Waals surface area (Å²) in [6.45, 7) is 3.78. The number of aliphatic hydroxyl groups is 1. The van der Waals surface area contributed by atoms with Gasteiger partial charge in [-0.3, -0.25) is 0 Å². The topological polar surface area (TPSA) is 61.4 Å². The SMILES string of the molecule is Cc1cc(NC(=O)NCC(CC(C)O)c2ccccc2)ccc1F. The van der Waals surface area contributed by atoms with E-state index in [2.05, 4.69) is 10.6 Å². The number of aliphatic hydroxyl groups excluding tert-OH is 1. The van der Waals surface area contributed by atoms with Gasteiger partial charge in [-0.05, 0) is 49.6 Å². The Labute approximate surface area is 141 Å². The first-order valence-corrected chi connectivity index (χ1v) is 7.99. The Bertz CT molecular complexity index is 674. The molecule has 0 aliphatic heterocycles. The van der Waals surface area contributed by atoms with Crippen LogP contribution in [-0.4, -0.2) is 23.8 Å². The quantitative estimate of drug-likeness (QED) is 0.754. The Kier molecular flexibility index (Phi) is 6.32. The Morgan fingerprint density at radius 3 is 2.54 bits per heavy atom. The van der Waals surface area contributed by atoms with E-state index in [4.69, 9.17) is 0 Å². The molecule has 0 heterocycles. The van der Waals surface area contributed by atoms with Crippen molar-refractivity contribution in [2.24, 2.45) is 0 Å². The third-order valence-electron chi connectivity index (χ3n) is 3.82. The first-order chi connectivity index (χ1) is 11.5. The zero-order valence-electron chi connectivity index (χ0n) is 13.9. The van der Waals surface area contributed by atoms with Crippen LogP contribution in [0.5, 0.6) is 0 Å². The first-order valence-electron chi connectivity index (χ1n) is 7.99. The summed E-state index contributed by atoms with van der Waals surface area (Å²) in [4.78, 5) is 12.1. The monoisotopic (exact) mass is 330 g/mol. The number of hydrogen-bond donors (Lipinski definition) is 3. The number of amides is 2. The minimum atomic E-state index is -0.459. The van der Waals surface area contributed by atoms with E-state index in [1.807, 2.05) is 30.3 Å². The summed E-state index contributed by atoms with van der Waals surface area (Å²) in [6.07, 6.45) is 0.0970. The van der Waals surface area contributed by atoms with Crippen LogP contribution in [0.2, 0.25) is 0 Å². The van der Waals surface area contributed by atoms with Gasteiger partial charge in [0.2, 0.25) is 0 Å². The van der Waals surface area contributed by atoms with Crippen LogP contribution >= 0.6 is 0 Å². The van der Waals surface area contributed by atoms with E-state index in [1.165, 1.54) is 12.1 Å². The smallest absolute Gasteiger partial charge is 0.319 e. The van der Waals surface area contributed by atoms with Crippen LogP contribution < -0.4 is 10.6 Å². The molecule has 2 aromatic rings. The van der Waals surface area contributed by atoms with Crippen LogP contribution in [0.4, 0.5) is 14.9 Å². The van der Waals surface area contributed by atoms with Crippen LogP contribution in [0.15, 0.2) is 48.5 Å². The van der Waals surface area contributed by atoms with Gasteiger partial charge in [-0.2, -0.15) is 0 Å². The second-order valence-corrected chi connectivity index (χ2v) is 5.99. The van der Waals surface area contributed by atoms with Gasteiger partial charge in [0.15, 0.2) is 0 Å². The molecular weight excluding hydrogens is 307 g/mol. The molecule has 24 heavy (non-hydrogen) atoms. The van der Waals surface area contributed by atoms with Crippen LogP contribution in [0, 0.1) is 12.7 Å². The van der Waals surface area contributed by atoms with Crippen LogP contribution in [-0.2, 0) is 0 Å². The van der Waals surface area contributed by atoms with Crippen molar-refractivity contribution in [1.29, 1.82) is 0 Å². The largest absolute Gasteiger partial charge is 0.393 e. The number of urea groups is 1. The van der Waals surface area contributed by atoms with Crippen molar-refractivity contribution >= 4 is 11.7 Å². The van der Waals surface area contributed by atoms with E-state index < -0.39 is 6.10 Å². The number of hydrogen-bond acceptors (Lipinski definition) is 2. The molecule has 0 saturated heterocycles. The third-order valence-corrected chi connectivity index (χ3v) is 3.82. The van der Waals surface area contributed by atoms with Gasteiger partial charge in [-0.15, -0.1) is 0 Å². The van der Waals surface area contributed by atoms with E-state index in [0.29, 0.717) is 24.2 Å². The molecule has 128 valence electrons. The summed E-state index contributed by atoms with van der Waals surface area (Å²) in [7, 11) is 0. The summed E-state index contributed by atoms with van der Waals surface area (Å²) in [5.41, 5.74) is 2.08. The third kappa shape index (κ3) is 5.35. The minimum Gasteiger partial charge on any atom is -0.393 e. The average Bonchev–Trinajstić information content (AvgIpc) is 2.55. The molecule has 5 heteroatoms. The maximum atomic E-state index is 13.2. The Balaban J connectivity index is 1.95. The summed E-state index contributed by atoms with van der Waals surface area (Å²) in [6, 6.07) is 13.8. The lowest BCUT2D eigenvalue weighted by molar-refractivity contribution is 0.173. The molecule has 4 nitrogen and oxygen atoms in total. The molecule has 0 aromatic heterocycles. The molecule has 2 unspecified atom stereocenters. The van der Waals surface area contributed by atoms with Crippen LogP contribution in [0.3, 0.4) is 0 Å². The molecule has 0 radical (unpaired) electrons.